The van der Waals surface area contributed by atoms with Crippen LogP contribution in [-0.4, -0.2) is 24.7 Å². The molecule has 0 spiro atoms. The smallest absolute Gasteiger partial charge is 0.231 e. The molecule has 0 amide bonds. The molecule has 0 saturated carbocycles. The molecule has 0 bridgehead atoms. The highest BCUT2D eigenvalue weighted by molar-refractivity contribution is 7.16. The van der Waals surface area contributed by atoms with E-state index in [0.717, 1.165) is 15.9 Å². The summed E-state index contributed by atoms with van der Waals surface area (Å²) in [4.78, 5) is 13.2. The van der Waals surface area contributed by atoms with Crippen LogP contribution in [0.4, 0.5) is 0 Å². The standard InChI is InChI=1S/C14H9N5OS/c1-3-11(4-2-10(1)19-9-15-7-18-19)20-13-12-5-6-21-14(12)17-8-16-13/h1-9H. The van der Waals surface area contributed by atoms with Crippen LogP contribution in [0.3, 0.4) is 0 Å². The number of ether oxygens (including phenoxy) is 1. The highest BCUT2D eigenvalue weighted by Crippen LogP contribution is 2.29. The predicted molar refractivity (Wildman–Crippen MR) is 78.8 cm³/mol. The third kappa shape index (κ3) is 2.23. The van der Waals surface area contributed by atoms with Crippen molar-refractivity contribution in [2.45, 2.75) is 0 Å². The zero-order chi connectivity index (χ0) is 14.1. The molecule has 0 atom stereocenters. The maximum absolute atomic E-state index is 5.83. The fraction of sp³-hybridized carbons (Fsp3) is 0. The average molecular weight is 295 g/mol. The van der Waals surface area contributed by atoms with Crippen molar-refractivity contribution in [3.8, 4) is 17.3 Å². The second kappa shape index (κ2) is 4.95. The van der Waals surface area contributed by atoms with E-state index in [1.807, 2.05) is 35.7 Å². The second-order valence-corrected chi connectivity index (χ2v) is 5.15. The van der Waals surface area contributed by atoms with Gasteiger partial charge in [-0.05, 0) is 35.7 Å². The highest BCUT2D eigenvalue weighted by atomic mass is 32.1. The molecule has 0 N–H and O–H groups in total. The van der Waals surface area contributed by atoms with E-state index in [2.05, 4.69) is 20.1 Å². The maximum Gasteiger partial charge on any atom is 0.231 e. The van der Waals surface area contributed by atoms with Gasteiger partial charge in [0.15, 0.2) is 0 Å². The lowest BCUT2D eigenvalue weighted by molar-refractivity contribution is 0.468. The van der Waals surface area contributed by atoms with Crippen molar-refractivity contribution in [1.29, 1.82) is 0 Å². The van der Waals surface area contributed by atoms with Crippen molar-refractivity contribution >= 4 is 21.6 Å². The number of benzene rings is 1. The van der Waals surface area contributed by atoms with Crippen molar-refractivity contribution in [3.05, 3.63) is 54.7 Å². The molecule has 21 heavy (non-hydrogen) atoms. The zero-order valence-electron chi connectivity index (χ0n) is 10.7. The molecule has 3 aromatic heterocycles. The number of thiophene rings is 1. The summed E-state index contributed by atoms with van der Waals surface area (Å²) in [6, 6.07) is 9.53. The third-order valence-electron chi connectivity index (χ3n) is 2.96. The van der Waals surface area contributed by atoms with E-state index in [4.69, 9.17) is 4.74 Å². The van der Waals surface area contributed by atoms with Gasteiger partial charge in [0, 0.05) is 0 Å². The first-order valence-electron chi connectivity index (χ1n) is 6.21. The Hall–Kier alpha value is -2.80. The van der Waals surface area contributed by atoms with Crippen molar-refractivity contribution < 1.29 is 4.74 Å². The zero-order valence-corrected chi connectivity index (χ0v) is 11.6. The molecular weight excluding hydrogens is 286 g/mol. The van der Waals surface area contributed by atoms with Crippen LogP contribution >= 0.6 is 11.3 Å². The Morgan fingerprint density at radius 2 is 1.90 bits per heavy atom. The van der Waals surface area contributed by atoms with Gasteiger partial charge in [-0.1, -0.05) is 0 Å². The van der Waals surface area contributed by atoms with Crippen LogP contribution in [0.15, 0.2) is 54.7 Å². The summed E-state index contributed by atoms with van der Waals surface area (Å²) < 4.78 is 7.52. The SMILES string of the molecule is c1nc(Oc2ccc(-n3cncn3)cc2)c2ccsc2n1. The minimum atomic E-state index is 0.565. The summed E-state index contributed by atoms with van der Waals surface area (Å²) in [6.45, 7) is 0. The Balaban J connectivity index is 1.64. The van der Waals surface area contributed by atoms with Crippen molar-refractivity contribution in [2.24, 2.45) is 0 Å². The molecule has 0 fully saturated rings. The van der Waals surface area contributed by atoms with Gasteiger partial charge in [0.05, 0.1) is 11.1 Å². The number of rotatable bonds is 3. The number of hydrogen-bond donors (Lipinski definition) is 0. The van der Waals surface area contributed by atoms with Gasteiger partial charge in [-0.2, -0.15) is 5.10 Å². The molecule has 7 heteroatoms. The second-order valence-electron chi connectivity index (χ2n) is 4.25. The van der Waals surface area contributed by atoms with Gasteiger partial charge >= 0.3 is 0 Å². The molecular formula is C14H9N5OS. The molecule has 0 aliphatic heterocycles. The summed E-state index contributed by atoms with van der Waals surface area (Å²) >= 11 is 1.56. The number of fused-ring (bicyclic) bond motifs is 1. The van der Waals surface area contributed by atoms with Gasteiger partial charge in [0.1, 0.15) is 29.6 Å². The first-order chi connectivity index (χ1) is 10.4. The van der Waals surface area contributed by atoms with E-state index in [0.29, 0.717) is 11.6 Å². The average Bonchev–Trinajstić information content (AvgIpc) is 3.20. The number of aromatic nitrogens is 5. The lowest BCUT2D eigenvalue weighted by Gasteiger charge is -2.06. The van der Waals surface area contributed by atoms with Crippen LogP contribution in [0.1, 0.15) is 0 Å². The summed E-state index contributed by atoms with van der Waals surface area (Å²) in [5.74, 6) is 1.28. The monoisotopic (exact) mass is 295 g/mol. The topological polar surface area (TPSA) is 65.7 Å². The van der Waals surface area contributed by atoms with Crippen LogP contribution < -0.4 is 4.74 Å². The Morgan fingerprint density at radius 1 is 1.00 bits per heavy atom. The minimum Gasteiger partial charge on any atom is -0.438 e. The van der Waals surface area contributed by atoms with E-state index in [1.165, 1.54) is 12.7 Å². The molecule has 0 unspecified atom stereocenters. The Kier molecular flexibility index (Phi) is 2.82. The lowest BCUT2D eigenvalue weighted by atomic mass is 10.3. The van der Waals surface area contributed by atoms with Crippen LogP contribution in [0.5, 0.6) is 11.6 Å². The van der Waals surface area contributed by atoms with E-state index < -0.39 is 0 Å². The normalized spacial score (nSPS) is 10.9. The summed E-state index contributed by atoms with van der Waals surface area (Å²) in [5, 5.41) is 6.97. The first-order valence-corrected chi connectivity index (χ1v) is 7.09. The third-order valence-corrected chi connectivity index (χ3v) is 3.78. The van der Waals surface area contributed by atoms with Gasteiger partial charge in [-0.3, -0.25) is 0 Å². The first kappa shape index (κ1) is 12.0. The van der Waals surface area contributed by atoms with Crippen molar-refractivity contribution in [2.75, 3.05) is 0 Å². The predicted octanol–water partition coefficient (Wildman–Crippen LogP) is 3.06. The van der Waals surface area contributed by atoms with E-state index in [9.17, 15) is 0 Å². The van der Waals surface area contributed by atoms with Crippen molar-refractivity contribution in [1.82, 2.24) is 24.7 Å². The minimum absolute atomic E-state index is 0.565. The summed E-state index contributed by atoms with van der Waals surface area (Å²) in [7, 11) is 0. The maximum atomic E-state index is 5.83. The molecule has 0 saturated heterocycles. The summed E-state index contributed by atoms with van der Waals surface area (Å²) in [6.07, 6.45) is 4.66. The molecule has 0 aliphatic carbocycles. The largest absolute Gasteiger partial charge is 0.438 e. The Labute approximate surface area is 123 Å². The van der Waals surface area contributed by atoms with Gasteiger partial charge in [-0.15, -0.1) is 11.3 Å². The van der Waals surface area contributed by atoms with Gasteiger partial charge in [-0.25, -0.2) is 19.6 Å². The Morgan fingerprint density at radius 3 is 2.71 bits per heavy atom. The number of hydrogen-bond acceptors (Lipinski definition) is 6. The molecule has 1 aromatic carbocycles. The molecule has 4 aromatic rings. The molecule has 102 valence electrons. The van der Waals surface area contributed by atoms with Gasteiger partial charge in [0.25, 0.3) is 0 Å². The number of nitrogens with zero attached hydrogens (tertiary/aromatic N) is 5. The fourth-order valence-corrected chi connectivity index (χ4v) is 2.69. The van der Waals surface area contributed by atoms with Crippen LogP contribution in [0, 0.1) is 0 Å². The molecule has 6 nitrogen and oxygen atoms in total. The highest BCUT2D eigenvalue weighted by Gasteiger charge is 2.07. The Bertz CT molecular complexity index is 870. The fourth-order valence-electron chi connectivity index (χ4n) is 1.97. The van der Waals surface area contributed by atoms with Crippen LogP contribution in [0.2, 0.25) is 0 Å². The van der Waals surface area contributed by atoms with E-state index in [1.54, 1.807) is 22.3 Å². The molecule has 4 rings (SSSR count). The van der Waals surface area contributed by atoms with Gasteiger partial charge < -0.3 is 4.74 Å². The van der Waals surface area contributed by atoms with Gasteiger partial charge in [0.2, 0.25) is 5.88 Å². The van der Waals surface area contributed by atoms with Crippen LogP contribution in [-0.2, 0) is 0 Å². The molecule has 0 aliphatic rings. The van der Waals surface area contributed by atoms with Crippen LogP contribution in [0.25, 0.3) is 15.9 Å². The van der Waals surface area contributed by atoms with Crippen molar-refractivity contribution in [3.63, 3.8) is 0 Å². The van der Waals surface area contributed by atoms with E-state index in [-0.39, 0.29) is 0 Å². The molecule has 0 radical (unpaired) electrons. The quantitative estimate of drug-likeness (QED) is 0.581. The molecule has 3 heterocycles. The lowest BCUT2D eigenvalue weighted by Crippen LogP contribution is -1.94. The summed E-state index contributed by atoms with van der Waals surface area (Å²) in [5.41, 5.74) is 0.920. The van der Waals surface area contributed by atoms with E-state index >= 15 is 0 Å².